The van der Waals surface area contributed by atoms with Crippen molar-refractivity contribution in [1.29, 1.82) is 0 Å². The van der Waals surface area contributed by atoms with Gasteiger partial charge in [0.25, 0.3) is 11.8 Å². The molecule has 7 nitrogen and oxygen atoms in total. The molecule has 0 aliphatic carbocycles. The number of aromatic hydroxyl groups is 1. The van der Waals surface area contributed by atoms with Crippen LogP contribution in [0, 0.1) is 11.6 Å². The lowest BCUT2D eigenvalue weighted by molar-refractivity contribution is 0.0936. The molecule has 1 atom stereocenters. The number of phenolic OH excluding ortho intramolecular Hbond substituents is 1. The highest BCUT2D eigenvalue weighted by atomic mass is 19.1. The van der Waals surface area contributed by atoms with Gasteiger partial charge in [0.05, 0.1) is 24.8 Å². The molecule has 3 N–H and O–H groups in total. The Bertz CT molecular complexity index is 1230. The van der Waals surface area contributed by atoms with Gasteiger partial charge < -0.3 is 25.2 Å². The Kier molecular flexibility index (Phi) is 6.62. The van der Waals surface area contributed by atoms with Gasteiger partial charge in [0.2, 0.25) is 0 Å². The summed E-state index contributed by atoms with van der Waals surface area (Å²) in [6.45, 7) is 2.91. The first-order chi connectivity index (χ1) is 16.3. The van der Waals surface area contributed by atoms with Gasteiger partial charge in [-0.1, -0.05) is 6.07 Å². The van der Waals surface area contributed by atoms with Crippen LogP contribution in [-0.4, -0.2) is 30.1 Å². The Morgan fingerprint density at radius 1 is 0.912 bits per heavy atom. The van der Waals surface area contributed by atoms with Gasteiger partial charge in [-0.2, -0.15) is 0 Å². The summed E-state index contributed by atoms with van der Waals surface area (Å²) >= 11 is 0. The lowest BCUT2D eigenvalue weighted by Crippen LogP contribution is -2.26. The van der Waals surface area contributed by atoms with Crippen LogP contribution in [0.1, 0.15) is 45.7 Å². The quantitative estimate of drug-likeness (QED) is 0.510. The maximum atomic E-state index is 13.3. The van der Waals surface area contributed by atoms with E-state index in [-0.39, 0.29) is 22.6 Å². The lowest BCUT2D eigenvalue weighted by Gasteiger charge is -2.17. The lowest BCUT2D eigenvalue weighted by atomic mass is 10.1. The number of carbonyl (C=O) groups excluding carboxylic acids is 2. The molecule has 0 radical (unpaired) electrons. The molecule has 0 bridgehead atoms. The summed E-state index contributed by atoms with van der Waals surface area (Å²) in [5.41, 5.74) is 0.724. The van der Waals surface area contributed by atoms with E-state index in [0.29, 0.717) is 30.8 Å². The SMILES string of the molecule is CC(NC(=O)c1ccc(NC(=O)c2cc(F)cc(F)c2)cc1O)c1ccc2c(c1)OCCCO2. The third-order valence-electron chi connectivity index (χ3n) is 5.24. The fourth-order valence-corrected chi connectivity index (χ4v) is 3.50. The van der Waals surface area contributed by atoms with Gasteiger partial charge in [-0.05, 0) is 48.9 Å². The molecular formula is C25H22F2N2O5. The molecule has 3 aromatic rings. The molecule has 1 aliphatic heterocycles. The number of phenols is 1. The van der Waals surface area contributed by atoms with E-state index in [2.05, 4.69) is 10.6 Å². The van der Waals surface area contributed by atoms with Crippen LogP contribution in [0.2, 0.25) is 0 Å². The topological polar surface area (TPSA) is 96.9 Å². The van der Waals surface area contributed by atoms with Gasteiger partial charge in [-0.25, -0.2) is 8.78 Å². The van der Waals surface area contributed by atoms with Crippen molar-refractivity contribution in [2.75, 3.05) is 18.5 Å². The molecule has 3 aromatic carbocycles. The van der Waals surface area contributed by atoms with E-state index in [1.165, 1.54) is 18.2 Å². The number of hydrogen-bond acceptors (Lipinski definition) is 5. The molecule has 0 fully saturated rings. The zero-order valence-corrected chi connectivity index (χ0v) is 18.2. The van der Waals surface area contributed by atoms with Gasteiger partial charge in [0.1, 0.15) is 17.4 Å². The van der Waals surface area contributed by atoms with Crippen molar-refractivity contribution in [2.24, 2.45) is 0 Å². The Balaban J connectivity index is 1.43. The van der Waals surface area contributed by atoms with Crippen LogP contribution in [-0.2, 0) is 0 Å². The monoisotopic (exact) mass is 468 g/mol. The van der Waals surface area contributed by atoms with E-state index in [1.54, 1.807) is 19.1 Å². The first-order valence-electron chi connectivity index (χ1n) is 10.6. The molecule has 176 valence electrons. The molecule has 1 aliphatic rings. The summed E-state index contributed by atoms with van der Waals surface area (Å²) in [6.07, 6.45) is 0.783. The Hall–Kier alpha value is -4.14. The van der Waals surface area contributed by atoms with Crippen molar-refractivity contribution in [1.82, 2.24) is 5.32 Å². The van der Waals surface area contributed by atoms with Crippen molar-refractivity contribution >= 4 is 17.5 Å². The first-order valence-corrected chi connectivity index (χ1v) is 10.6. The van der Waals surface area contributed by atoms with Crippen LogP contribution in [0.25, 0.3) is 0 Å². The van der Waals surface area contributed by atoms with Crippen LogP contribution < -0.4 is 20.1 Å². The van der Waals surface area contributed by atoms with Crippen molar-refractivity contribution in [2.45, 2.75) is 19.4 Å². The third-order valence-corrected chi connectivity index (χ3v) is 5.24. The smallest absolute Gasteiger partial charge is 0.255 e. The summed E-state index contributed by atoms with van der Waals surface area (Å²) in [4.78, 5) is 25.0. The number of carbonyl (C=O) groups is 2. The predicted octanol–water partition coefficient (Wildman–Crippen LogP) is 4.58. The van der Waals surface area contributed by atoms with Gasteiger partial charge >= 0.3 is 0 Å². The molecule has 4 rings (SSSR count). The second-order valence-corrected chi connectivity index (χ2v) is 7.80. The molecule has 0 saturated carbocycles. The van der Waals surface area contributed by atoms with Crippen molar-refractivity contribution in [3.8, 4) is 17.2 Å². The average molecular weight is 468 g/mol. The Labute approximate surface area is 194 Å². The molecule has 1 unspecified atom stereocenters. The minimum absolute atomic E-state index is 0.00371. The number of fused-ring (bicyclic) bond motifs is 1. The molecule has 1 heterocycles. The van der Waals surface area contributed by atoms with Gasteiger partial charge in [-0.15, -0.1) is 0 Å². The largest absolute Gasteiger partial charge is 0.507 e. The standard InChI is InChI=1S/C25H22F2N2O5/c1-14(15-3-6-22-23(11-15)34-8-2-7-33-22)28-25(32)20-5-4-19(13-21(20)30)29-24(31)16-9-17(26)12-18(27)10-16/h3-6,9-14,30H,2,7-8H2,1H3,(H,28,32)(H,29,31). The number of rotatable bonds is 5. The minimum atomic E-state index is -0.886. The number of hydrogen-bond donors (Lipinski definition) is 3. The number of nitrogens with one attached hydrogen (secondary N) is 2. The van der Waals surface area contributed by atoms with E-state index in [9.17, 15) is 23.5 Å². The normalized spacial score (nSPS) is 13.5. The van der Waals surface area contributed by atoms with Crippen LogP contribution >= 0.6 is 0 Å². The second-order valence-electron chi connectivity index (χ2n) is 7.80. The minimum Gasteiger partial charge on any atom is -0.507 e. The summed E-state index contributed by atoms with van der Waals surface area (Å²) in [6, 6.07) is 11.4. The Morgan fingerprint density at radius 2 is 1.62 bits per heavy atom. The van der Waals surface area contributed by atoms with E-state index in [1.807, 2.05) is 6.07 Å². The van der Waals surface area contributed by atoms with Crippen LogP contribution in [0.4, 0.5) is 14.5 Å². The number of amides is 2. The maximum absolute atomic E-state index is 13.3. The number of benzene rings is 3. The summed E-state index contributed by atoms with van der Waals surface area (Å²) in [5.74, 6) is -2.18. The third kappa shape index (κ3) is 5.25. The van der Waals surface area contributed by atoms with E-state index >= 15 is 0 Å². The van der Waals surface area contributed by atoms with Gasteiger partial charge in [-0.3, -0.25) is 9.59 Å². The van der Waals surface area contributed by atoms with Crippen LogP contribution in [0.3, 0.4) is 0 Å². The van der Waals surface area contributed by atoms with E-state index in [4.69, 9.17) is 9.47 Å². The van der Waals surface area contributed by atoms with Crippen molar-refractivity contribution in [3.05, 3.63) is 82.9 Å². The fourth-order valence-electron chi connectivity index (χ4n) is 3.50. The maximum Gasteiger partial charge on any atom is 0.255 e. The van der Waals surface area contributed by atoms with Crippen molar-refractivity contribution in [3.63, 3.8) is 0 Å². The zero-order chi connectivity index (χ0) is 24.2. The first kappa shape index (κ1) is 23.0. The molecule has 0 aromatic heterocycles. The second kappa shape index (κ2) is 9.78. The number of anilines is 1. The van der Waals surface area contributed by atoms with Crippen LogP contribution in [0.15, 0.2) is 54.6 Å². The highest BCUT2D eigenvalue weighted by molar-refractivity contribution is 6.05. The van der Waals surface area contributed by atoms with Gasteiger partial charge in [0.15, 0.2) is 11.5 Å². The number of ether oxygens (including phenoxy) is 2. The van der Waals surface area contributed by atoms with Crippen molar-refractivity contribution < 1.29 is 33.0 Å². The average Bonchev–Trinajstić information content (AvgIpc) is 3.03. The van der Waals surface area contributed by atoms with Gasteiger partial charge in [0, 0.05) is 29.8 Å². The predicted molar refractivity (Wildman–Crippen MR) is 120 cm³/mol. The summed E-state index contributed by atoms with van der Waals surface area (Å²) < 4.78 is 38.0. The highest BCUT2D eigenvalue weighted by Crippen LogP contribution is 2.32. The summed E-state index contributed by atoms with van der Waals surface area (Å²) in [7, 11) is 0. The Morgan fingerprint density at radius 3 is 2.32 bits per heavy atom. The zero-order valence-electron chi connectivity index (χ0n) is 18.2. The fraction of sp³-hybridized carbons (Fsp3) is 0.200. The highest BCUT2D eigenvalue weighted by Gasteiger charge is 2.18. The number of halogens is 2. The molecule has 0 saturated heterocycles. The summed E-state index contributed by atoms with van der Waals surface area (Å²) in [5, 5.41) is 15.6. The molecule has 0 spiro atoms. The molecule has 9 heteroatoms. The molecule has 2 amide bonds. The van der Waals surface area contributed by atoms with E-state index in [0.717, 1.165) is 24.1 Å². The molecule has 34 heavy (non-hydrogen) atoms. The molecular weight excluding hydrogens is 446 g/mol. The van der Waals surface area contributed by atoms with Crippen LogP contribution in [0.5, 0.6) is 17.2 Å². The van der Waals surface area contributed by atoms with E-state index < -0.39 is 29.5 Å².